The van der Waals surface area contributed by atoms with E-state index in [2.05, 4.69) is 5.32 Å². The molecule has 2 rings (SSSR count). The lowest BCUT2D eigenvalue weighted by Crippen LogP contribution is -2.53. The molecule has 12 heteroatoms. The predicted molar refractivity (Wildman–Crippen MR) is 89.9 cm³/mol. The lowest BCUT2D eigenvalue weighted by molar-refractivity contribution is -0.130. The monoisotopic (exact) mass is 390 g/mol. The molecular formula is C13H19N4O6PS. The summed E-state index contributed by atoms with van der Waals surface area (Å²) in [6, 6.07) is 5.75. The molecule has 1 aromatic carbocycles. The van der Waals surface area contributed by atoms with Crippen molar-refractivity contribution in [1.82, 2.24) is 14.5 Å². The van der Waals surface area contributed by atoms with Crippen LogP contribution in [0.2, 0.25) is 0 Å². The van der Waals surface area contributed by atoms with Crippen molar-refractivity contribution in [1.29, 1.82) is 0 Å². The molecule has 1 fully saturated rings. The van der Waals surface area contributed by atoms with Gasteiger partial charge in [0.15, 0.2) is 0 Å². The van der Waals surface area contributed by atoms with Crippen LogP contribution < -0.4 is 15.3 Å². The Morgan fingerprint density at radius 1 is 1.44 bits per heavy atom. The fourth-order valence-corrected chi connectivity index (χ4v) is 5.12. The minimum absolute atomic E-state index is 0.0635. The third kappa shape index (κ3) is 5.10. The van der Waals surface area contributed by atoms with Gasteiger partial charge in [-0.1, -0.05) is 17.7 Å². The maximum absolute atomic E-state index is 12.4. The predicted octanol–water partition coefficient (Wildman–Crippen LogP) is 0.175. The number of nitrogens with one attached hydrogen (secondary N) is 2. The van der Waals surface area contributed by atoms with Crippen molar-refractivity contribution in [2.24, 2.45) is 5.50 Å². The molecule has 1 unspecified atom stereocenters. The van der Waals surface area contributed by atoms with E-state index in [1.807, 2.05) is 13.0 Å². The number of piperidine rings is 1. The van der Waals surface area contributed by atoms with Crippen LogP contribution in [0.15, 0.2) is 24.3 Å². The molecule has 1 aromatic rings. The smallest absolute Gasteiger partial charge is 0.340 e. The third-order valence-electron chi connectivity index (χ3n) is 3.61. The number of amides is 2. The molecule has 0 aliphatic carbocycles. The molecule has 2 atom stereocenters. The van der Waals surface area contributed by atoms with Crippen molar-refractivity contribution in [3.05, 3.63) is 35.4 Å². The number of nitrogens with two attached hydrogens (primary N) is 1. The van der Waals surface area contributed by atoms with Gasteiger partial charge in [-0.2, -0.15) is 8.42 Å². The van der Waals surface area contributed by atoms with Gasteiger partial charge in [0.25, 0.3) is 11.8 Å². The summed E-state index contributed by atoms with van der Waals surface area (Å²) >= 11 is 0. The first-order chi connectivity index (χ1) is 11.5. The summed E-state index contributed by atoms with van der Waals surface area (Å²) in [5.74, 6) is -1.27. The number of hydrogen-bond acceptors (Lipinski definition) is 5. The van der Waals surface area contributed by atoms with Gasteiger partial charge in [-0.15, -0.1) is 4.49 Å². The number of carbonyl (C=O) groups excluding carboxylic acids is 2. The van der Waals surface area contributed by atoms with Crippen molar-refractivity contribution in [3.63, 3.8) is 0 Å². The molecule has 5 N–H and O–H groups in total. The summed E-state index contributed by atoms with van der Waals surface area (Å²) in [6.45, 7) is 1.75. The molecule has 25 heavy (non-hydrogen) atoms. The highest BCUT2D eigenvalue weighted by Gasteiger charge is 2.40. The summed E-state index contributed by atoms with van der Waals surface area (Å²) in [5, 5.41) is 2.53. The maximum atomic E-state index is 12.4. The van der Waals surface area contributed by atoms with Crippen LogP contribution in [0.3, 0.4) is 0 Å². The van der Waals surface area contributed by atoms with Crippen LogP contribution in [0.5, 0.6) is 0 Å². The number of aryl methyl sites for hydroxylation is 1. The van der Waals surface area contributed by atoms with Gasteiger partial charge in [-0.05, 0) is 31.9 Å². The van der Waals surface area contributed by atoms with Crippen LogP contribution in [0.4, 0.5) is 0 Å². The van der Waals surface area contributed by atoms with E-state index in [9.17, 15) is 22.6 Å². The lowest BCUT2D eigenvalue weighted by atomic mass is 10.1. The fourth-order valence-electron chi connectivity index (χ4n) is 2.53. The fraction of sp³-hybridized carbons (Fsp3) is 0.385. The normalized spacial score (nSPS) is 20.8. The van der Waals surface area contributed by atoms with E-state index in [0.717, 1.165) is 5.56 Å². The molecule has 1 saturated heterocycles. The summed E-state index contributed by atoms with van der Waals surface area (Å²) in [5.41, 5.74) is 6.62. The van der Waals surface area contributed by atoms with Crippen LogP contribution in [0, 0.1) is 6.92 Å². The van der Waals surface area contributed by atoms with Crippen LogP contribution in [-0.4, -0.2) is 42.0 Å². The zero-order valence-electron chi connectivity index (χ0n) is 13.4. The second kappa shape index (κ2) is 7.22. The average molecular weight is 390 g/mol. The standard InChI is InChI=1S/C13H19N4O6PS/c1-9-4-2-5-10(8-9)12(18)15-11-6-3-7-17(13(11)19)24(14,20)16-25(21,22)23/h2,4-5,8,11H,3,6-7H2,1H3,(H,15,18)(H3,14,16,20)(H,21,22,23)/t11-,24?/m0/s1. The van der Waals surface area contributed by atoms with Gasteiger partial charge in [0.1, 0.15) is 6.04 Å². The Balaban J connectivity index is 2.14. The first-order valence-corrected chi connectivity index (χ1v) is 10.5. The first-order valence-electron chi connectivity index (χ1n) is 7.34. The molecule has 1 heterocycles. The Morgan fingerprint density at radius 2 is 2.12 bits per heavy atom. The van der Waals surface area contributed by atoms with Crippen LogP contribution >= 0.6 is 7.59 Å². The molecule has 1 aliphatic heterocycles. The van der Waals surface area contributed by atoms with Crippen LogP contribution in [-0.2, 0) is 19.7 Å². The third-order valence-corrected chi connectivity index (χ3v) is 6.69. The zero-order valence-corrected chi connectivity index (χ0v) is 15.1. The van der Waals surface area contributed by atoms with Gasteiger partial charge < -0.3 is 5.32 Å². The van der Waals surface area contributed by atoms with Crippen molar-refractivity contribution in [2.75, 3.05) is 6.54 Å². The van der Waals surface area contributed by atoms with Crippen molar-refractivity contribution in [2.45, 2.75) is 25.8 Å². The van der Waals surface area contributed by atoms with E-state index < -0.39 is 35.8 Å². The van der Waals surface area contributed by atoms with E-state index in [4.69, 9.17) is 10.1 Å². The summed E-state index contributed by atoms with van der Waals surface area (Å²) in [4.78, 5) is 24.7. The van der Waals surface area contributed by atoms with Crippen LogP contribution in [0.25, 0.3) is 0 Å². The topological polar surface area (TPSA) is 159 Å². The Labute approximate surface area is 145 Å². The molecule has 1 aliphatic rings. The molecular weight excluding hydrogens is 371 g/mol. The number of nitrogens with zero attached hydrogens (tertiary/aromatic N) is 1. The van der Waals surface area contributed by atoms with Crippen molar-refractivity contribution < 1.29 is 27.1 Å². The Kier molecular flexibility index (Phi) is 5.65. The van der Waals surface area contributed by atoms with E-state index in [1.54, 1.807) is 18.2 Å². The van der Waals surface area contributed by atoms with Crippen molar-refractivity contribution in [3.8, 4) is 0 Å². The molecule has 2 amide bonds. The van der Waals surface area contributed by atoms with E-state index in [1.165, 1.54) is 4.49 Å². The molecule has 0 saturated carbocycles. The molecule has 0 radical (unpaired) electrons. The van der Waals surface area contributed by atoms with Gasteiger partial charge in [0, 0.05) is 12.1 Å². The number of hydrogen-bond donors (Lipinski definition) is 4. The highest BCUT2D eigenvalue weighted by molar-refractivity contribution is 7.90. The highest BCUT2D eigenvalue weighted by atomic mass is 32.2. The van der Waals surface area contributed by atoms with Gasteiger partial charge in [-0.3, -0.25) is 28.9 Å². The second-order valence-electron chi connectivity index (χ2n) is 5.69. The molecule has 0 spiro atoms. The quantitative estimate of drug-likeness (QED) is 0.412. The summed E-state index contributed by atoms with van der Waals surface area (Å²) in [6.07, 6.45) is 0.637. The second-order valence-corrected chi connectivity index (χ2v) is 9.10. The average Bonchev–Trinajstić information content (AvgIpc) is 2.46. The molecule has 138 valence electrons. The van der Waals surface area contributed by atoms with Gasteiger partial charge in [0.05, 0.1) is 0 Å². The molecule has 0 bridgehead atoms. The number of benzene rings is 1. The largest absolute Gasteiger partial charge is 0.341 e. The SMILES string of the molecule is Cc1cccc(C(=O)N[C@H]2CCCN(P(N)(=O)NS(=O)(=O)O)C2=O)c1. The minimum atomic E-state index is -4.86. The zero-order chi connectivity index (χ0) is 18.8. The highest BCUT2D eigenvalue weighted by Crippen LogP contribution is 2.40. The van der Waals surface area contributed by atoms with Gasteiger partial charge in [-0.25, -0.2) is 0 Å². The molecule has 10 nitrogen and oxygen atoms in total. The molecule has 0 aromatic heterocycles. The number of rotatable bonds is 5. The lowest BCUT2D eigenvalue weighted by Gasteiger charge is -2.35. The summed E-state index contributed by atoms with van der Waals surface area (Å²) in [7, 11) is -9.22. The maximum Gasteiger partial charge on any atom is 0.341 e. The van der Waals surface area contributed by atoms with E-state index in [-0.39, 0.29) is 6.54 Å². The van der Waals surface area contributed by atoms with Gasteiger partial charge in [0.2, 0.25) is 0 Å². The Morgan fingerprint density at radius 3 is 2.72 bits per heavy atom. The number of carbonyl (C=O) groups is 2. The van der Waals surface area contributed by atoms with E-state index >= 15 is 0 Å². The van der Waals surface area contributed by atoms with E-state index in [0.29, 0.717) is 23.1 Å². The van der Waals surface area contributed by atoms with Crippen LogP contribution in [0.1, 0.15) is 28.8 Å². The van der Waals surface area contributed by atoms with Crippen molar-refractivity contribution >= 4 is 29.7 Å². The Bertz CT molecular complexity index is 843. The summed E-state index contributed by atoms with van der Waals surface area (Å²) < 4.78 is 44.7. The van der Waals surface area contributed by atoms with Gasteiger partial charge >= 0.3 is 17.9 Å². The minimum Gasteiger partial charge on any atom is -0.340 e. The Hall–Kier alpha value is -1.78. The first kappa shape index (κ1) is 19.5.